The van der Waals surface area contributed by atoms with Crippen LogP contribution in [0.15, 0.2) is 35.7 Å². The van der Waals surface area contributed by atoms with Crippen molar-refractivity contribution in [2.24, 2.45) is 0 Å². The number of likely N-dealkylation sites (N-methyl/N-ethyl adjacent to an activating group) is 1. The van der Waals surface area contributed by atoms with Gasteiger partial charge in [-0.15, -0.1) is 11.3 Å². The number of carboxylic acids is 1. The summed E-state index contributed by atoms with van der Waals surface area (Å²) >= 11 is 1.52. The SMILES string of the molecule is CN(C(=O)Cc1cccs1)c1ccc(C(=O)O)cc1N. The van der Waals surface area contributed by atoms with Crippen LogP contribution in [-0.4, -0.2) is 24.0 Å². The van der Waals surface area contributed by atoms with Crippen LogP contribution in [0.4, 0.5) is 11.4 Å². The Labute approximate surface area is 120 Å². The van der Waals surface area contributed by atoms with Gasteiger partial charge in [-0.3, -0.25) is 4.79 Å². The molecule has 3 N–H and O–H groups in total. The van der Waals surface area contributed by atoms with E-state index in [4.69, 9.17) is 10.8 Å². The summed E-state index contributed by atoms with van der Waals surface area (Å²) in [4.78, 5) is 25.4. The van der Waals surface area contributed by atoms with Gasteiger partial charge in [0.25, 0.3) is 0 Å². The lowest BCUT2D eigenvalue weighted by molar-refractivity contribution is -0.117. The van der Waals surface area contributed by atoms with E-state index >= 15 is 0 Å². The van der Waals surface area contributed by atoms with Gasteiger partial charge in [-0.25, -0.2) is 4.79 Å². The molecule has 1 amide bonds. The summed E-state index contributed by atoms with van der Waals surface area (Å²) in [6, 6.07) is 8.12. The second kappa shape index (κ2) is 5.75. The molecule has 0 atom stereocenters. The summed E-state index contributed by atoms with van der Waals surface area (Å²) in [6.07, 6.45) is 0.300. The van der Waals surface area contributed by atoms with Crippen molar-refractivity contribution in [3.63, 3.8) is 0 Å². The average Bonchev–Trinajstić information content (AvgIpc) is 2.90. The molecule has 5 nitrogen and oxygen atoms in total. The zero-order valence-corrected chi connectivity index (χ0v) is 11.7. The van der Waals surface area contributed by atoms with E-state index in [1.165, 1.54) is 28.4 Å². The zero-order valence-electron chi connectivity index (χ0n) is 10.9. The summed E-state index contributed by atoms with van der Waals surface area (Å²) in [5, 5.41) is 10.8. The monoisotopic (exact) mass is 290 g/mol. The van der Waals surface area contributed by atoms with Gasteiger partial charge in [-0.05, 0) is 29.6 Å². The summed E-state index contributed by atoms with van der Waals surface area (Å²) < 4.78 is 0. The van der Waals surface area contributed by atoms with Crippen molar-refractivity contribution in [2.45, 2.75) is 6.42 Å². The first-order chi connectivity index (χ1) is 9.49. The first-order valence-corrected chi connectivity index (χ1v) is 6.78. The molecule has 20 heavy (non-hydrogen) atoms. The Morgan fingerprint density at radius 1 is 1.35 bits per heavy atom. The molecule has 1 aromatic heterocycles. The number of rotatable bonds is 4. The van der Waals surface area contributed by atoms with Crippen LogP contribution in [0.1, 0.15) is 15.2 Å². The van der Waals surface area contributed by atoms with Crippen LogP contribution >= 0.6 is 11.3 Å². The fraction of sp³-hybridized carbons (Fsp3) is 0.143. The molecular formula is C14H14N2O3S. The van der Waals surface area contributed by atoms with Gasteiger partial charge in [0.05, 0.1) is 23.4 Å². The number of nitrogens with two attached hydrogens (primary N) is 1. The molecule has 0 unspecified atom stereocenters. The van der Waals surface area contributed by atoms with E-state index in [0.717, 1.165) is 4.88 Å². The second-order valence-corrected chi connectivity index (χ2v) is 5.32. The number of thiophene rings is 1. The van der Waals surface area contributed by atoms with Crippen LogP contribution < -0.4 is 10.6 Å². The molecule has 0 saturated heterocycles. The van der Waals surface area contributed by atoms with Crippen molar-refractivity contribution < 1.29 is 14.7 Å². The first kappa shape index (κ1) is 14.1. The largest absolute Gasteiger partial charge is 0.478 e. The van der Waals surface area contributed by atoms with E-state index in [9.17, 15) is 9.59 Å². The summed E-state index contributed by atoms with van der Waals surface area (Å²) in [7, 11) is 1.63. The highest BCUT2D eigenvalue weighted by atomic mass is 32.1. The van der Waals surface area contributed by atoms with Gasteiger partial charge in [0, 0.05) is 11.9 Å². The van der Waals surface area contributed by atoms with Crippen LogP contribution in [-0.2, 0) is 11.2 Å². The molecule has 0 fully saturated rings. The Morgan fingerprint density at radius 3 is 2.65 bits per heavy atom. The quantitative estimate of drug-likeness (QED) is 0.846. The van der Waals surface area contributed by atoms with E-state index in [1.54, 1.807) is 13.1 Å². The lowest BCUT2D eigenvalue weighted by atomic mass is 10.1. The van der Waals surface area contributed by atoms with Crippen LogP contribution in [0.5, 0.6) is 0 Å². The molecular weight excluding hydrogens is 276 g/mol. The molecule has 0 aliphatic carbocycles. The van der Waals surface area contributed by atoms with Gasteiger partial charge in [0.1, 0.15) is 0 Å². The number of nitrogens with zero attached hydrogens (tertiary/aromatic N) is 1. The number of carbonyl (C=O) groups excluding carboxylic acids is 1. The van der Waals surface area contributed by atoms with Gasteiger partial charge in [-0.2, -0.15) is 0 Å². The lowest BCUT2D eigenvalue weighted by Crippen LogP contribution is -2.28. The van der Waals surface area contributed by atoms with Crippen molar-refractivity contribution in [3.05, 3.63) is 46.2 Å². The lowest BCUT2D eigenvalue weighted by Gasteiger charge is -2.19. The minimum absolute atomic E-state index is 0.0952. The number of anilines is 2. The van der Waals surface area contributed by atoms with E-state index in [0.29, 0.717) is 12.1 Å². The molecule has 104 valence electrons. The van der Waals surface area contributed by atoms with E-state index in [2.05, 4.69) is 0 Å². The fourth-order valence-electron chi connectivity index (χ4n) is 1.81. The second-order valence-electron chi connectivity index (χ2n) is 4.29. The predicted octanol–water partition coefficient (Wildman–Crippen LogP) is 2.23. The molecule has 0 spiro atoms. The van der Waals surface area contributed by atoms with Crippen molar-refractivity contribution in [2.75, 3.05) is 17.7 Å². The van der Waals surface area contributed by atoms with E-state index < -0.39 is 5.97 Å². The van der Waals surface area contributed by atoms with Crippen molar-refractivity contribution >= 4 is 34.6 Å². The highest BCUT2D eigenvalue weighted by Gasteiger charge is 2.15. The number of amides is 1. The number of benzene rings is 1. The molecule has 0 aliphatic heterocycles. The van der Waals surface area contributed by atoms with Gasteiger partial charge in [-0.1, -0.05) is 6.07 Å². The molecule has 0 aliphatic rings. The first-order valence-electron chi connectivity index (χ1n) is 5.91. The molecule has 0 radical (unpaired) electrons. The van der Waals surface area contributed by atoms with Gasteiger partial charge in [0.15, 0.2) is 0 Å². The highest BCUT2D eigenvalue weighted by molar-refractivity contribution is 7.10. The van der Waals surface area contributed by atoms with Crippen LogP contribution in [0.25, 0.3) is 0 Å². The van der Waals surface area contributed by atoms with Crippen molar-refractivity contribution in [1.29, 1.82) is 0 Å². The molecule has 0 bridgehead atoms. The number of aromatic carboxylic acids is 1. The minimum atomic E-state index is -1.05. The number of hydrogen-bond donors (Lipinski definition) is 2. The number of carboxylic acid groups (broad SMARTS) is 1. The third-order valence-electron chi connectivity index (χ3n) is 2.92. The standard InChI is InChI=1S/C14H14N2O3S/c1-16(13(17)8-10-3-2-6-20-10)12-5-4-9(14(18)19)7-11(12)15/h2-7H,8,15H2,1H3,(H,18,19). The smallest absolute Gasteiger partial charge is 0.335 e. The topological polar surface area (TPSA) is 83.6 Å². The van der Waals surface area contributed by atoms with Crippen LogP contribution in [0, 0.1) is 0 Å². The maximum Gasteiger partial charge on any atom is 0.335 e. The molecule has 2 aromatic rings. The predicted molar refractivity (Wildman–Crippen MR) is 79.2 cm³/mol. The molecule has 1 heterocycles. The number of hydrogen-bond acceptors (Lipinski definition) is 4. The Morgan fingerprint density at radius 2 is 2.10 bits per heavy atom. The Kier molecular flexibility index (Phi) is 4.05. The van der Waals surface area contributed by atoms with E-state index in [-0.39, 0.29) is 17.2 Å². The highest BCUT2D eigenvalue weighted by Crippen LogP contribution is 2.24. The summed E-state index contributed by atoms with van der Waals surface area (Å²) in [5.41, 5.74) is 6.70. The minimum Gasteiger partial charge on any atom is -0.478 e. The average molecular weight is 290 g/mol. The summed E-state index contributed by atoms with van der Waals surface area (Å²) in [6.45, 7) is 0. The summed E-state index contributed by atoms with van der Waals surface area (Å²) in [5.74, 6) is -1.14. The molecule has 0 saturated carbocycles. The Hall–Kier alpha value is -2.34. The van der Waals surface area contributed by atoms with Crippen molar-refractivity contribution in [3.8, 4) is 0 Å². The maximum atomic E-state index is 12.1. The molecule has 1 aromatic carbocycles. The Bertz CT molecular complexity index is 638. The molecule has 2 rings (SSSR count). The maximum absolute atomic E-state index is 12.1. The normalized spacial score (nSPS) is 10.2. The van der Waals surface area contributed by atoms with Crippen molar-refractivity contribution in [1.82, 2.24) is 0 Å². The third kappa shape index (κ3) is 2.97. The van der Waals surface area contributed by atoms with Crippen LogP contribution in [0.2, 0.25) is 0 Å². The van der Waals surface area contributed by atoms with Crippen LogP contribution in [0.3, 0.4) is 0 Å². The Balaban J connectivity index is 2.18. The molecule has 6 heteroatoms. The van der Waals surface area contributed by atoms with E-state index in [1.807, 2.05) is 17.5 Å². The van der Waals surface area contributed by atoms with Gasteiger partial charge >= 0.3 is 5.97 Å². The third-order valence-corrected chi connectivity index (χ3v) is 3.79. The number of nitrogen functional groups attached to an aromatic ring is 1. The van der Waals surface area contributed by atoms with Gasteiger partial charge in [0.2, 0.25) is 5.91 Å². The van der Waals surface area contributed by atoms with Gasteiger partial charge < -0.3 is 15.7 Å². The zero-order chi connectivity index (χ0) is 14.7. The number of carbonyl (C=O) groups is 2. The fourth-order valence-corrected chi connectivity index (χ4v) is 2.50.